The summed E-state index contributed by atoms with van der Waals surface area (Å²) in [5.74, 6) is 1.95. The second-order valence-electron chi connectivity index (χ2n) is 5.14. The first kappa shape index (κ1) is 15.1. The van der Waals surface area contributed by atoms with E-state index < -0.39 is 10.8 Å². The van der Waals surface area contributed by atoms with Crippen LogP contribution in [0.25, 0.3) is 0 Å². The van der Waals surface area contributed by atoms with Crippen LogP contribution < -0.4 is 0 Å². The van der Waals surface area contributed by atoms with Crippen molar-refractivity contribution in [3.63, 3.8) is 0 Å². The summed E-state index contributed by atoms with van der Waals surface area (Å²) in [5.41, 5.74) is 0. The van der Waals surface area contributed by atoms with Gasteiger partial charge in [0.2, 0.25) is 0 Å². The van der Waals surface area contributed by atoms with E-state index in [1.807, 2.05) is 0 Å². The van der Waals surface area contributed by atoms with E-state index in [1.54, 1.807) is 12.5 Å². The number of hydrogen-bond acceptors (Lipinski definition) is 2. The highest BCUT2D eigenvalue weighted by Gasteiger charge is 2.28. The molecule has 0 radical (unpaired) electrons. The molecule has 0 amide bonds. The van der Waals surface area contributed by atoms with Crippen molar-refractivity contribution in [1.29, 1.82) is 0 Å². The molecule has 2 nitrogen and oxygen atoms in total. The summed E-state index contributed by atoms with van der Waals surface area (Å²) in [4.78, 5) is 0. The molecular weight excluding hydrogens is 208 g/mol. The molecule has 1 N–H and O–H groups in total. The zero-order valence-corrected chi connectivity index (χ0v) is 11.5. The predicted octanol–water partition coefficient (Wildman–Crippen LogP) is 2.43. The van der Waals surface area contributed by atoms with Gasteiger partial charge >= 0.3 is 0 Å². The Kier molecular flexibility index (Phi) is 7.45. The van der Waals surface area contributed by atoms with Crippen molar-refractivity contribution in [1.82, 2.24) is 0 Å². The number of rotatable bonds is 1. The molecule has 1 fully saturated rings. The Morgan fingerprint density at radius 3 is 2.07 bits per heavy atom. The van der Waals surface area contributed by atoms with Crippen molar-refractivity contribution >= 4 is 10.8 Å². The summed E-state index contributed by atoms with van der Waals surface area (Å²) in [6.45, 7) is 6.66. The highest BCUT2D eigenvalue weighted by molar-refractivity contribution is 7.83. The van der Waals surface area contributed by atoms with Gasteiger partial charge in [0.15, 0.2) is 0 Å². The average Bonchev–Trinajstić information content (AvgIpc) is 2.01. The molecule has 0 heterocycles. The fraction of sp³-hybridized carbons (Fsp3) is 1.00. The van der Waals surface area contributed by atoms with Crippen LogP contribution >= 0.6 is 0 Å². The monoisotopic (exact) mass is 234 g/mol. The molecule has 15 heavy (non-hydrogen) atoms. The maximum atomic E-state index is 9.71. The Morgan fingerprint density at radius 2 is 1.73 bits per heavy atom. The molecule has 3 unspecified atom stereocenters. The minimum Gasteiger partial charge on any atom is -0.393 e. The number of hydrogen-bond donors (Lipinski definition) is 1. The van der Waals surface area contributed by atoms with Gasteiger partial charge < -0.3 is 5.11 Å². The minimum absolute atomic E-state index is 0.0289. The van der Waals surface area contributed by atoms with Crippen LogP contribution in [0.4, 0.5) is 0 Å². The van der Waals surface area contributed by atoms with Crippen LogP contribution in [0.2, 0.25) is 0 Å². The fourth-order valence-corrected chi connectivity index (χ4v) is 2.15. The third-order valence-electron chi connectivity index (χ3n) is 2.99. The van der Waals surface area contributed by atoms with Gasteiger partial charge in [0.25, 0.3) is 0 Å². The summed E-state index contributed by atoms with van der Waals surface area (Å²) in [5, 5.41) is 9.71. The van der Waals surface area contributed by atoms with E-state index in [4.69, 9.17) is 0 Å². The SMILES string of the molecule is CC1CCC(C(C)C)C(O)C1.CS(C)=O. The number of aliphatic hydroxyl groups excluding tert-OH is 1. The second kappa shape index (κ2) is 7.39. The summed E-state index contributed by atoms with van der Waals surface area (Å²) in [7, 11) is -0.611. The molecule has 1 aliphatic rings. The van der Waals surface area contributed by atoms with Gasteiger partial charge in [-0.3, -0.25) is 4.21 Å². The third kappa shape index (κ3) is 7.07. The van der Waals surface area contributed by atoms with Crippen molar-refractivity contribution in [2.75, 3.05) is 12.5 Å². The van der Waals surface area contributed by atoms with Gasteiger partial charge in [-0.2, -0.15) is 0 Å². The molecule has 1 saturated carbocycles. The molecule has 0 aliphatic heterocycles. The van der Waals surface area contributed by atoms with E-state index in [0.717, 1.165) is 12.3 Å². The highest BCUT2D eigenvalue weighted by atomic mass is 32.2. The van der Waals surface area contributed by atoms with Gasteiger partial charge in [0.1, 0.15) is 0 Å². The zero-order valence-electron chi connectivity index (χ0n) is 10.7. The van der Waals surface area contributed by atoms with E-state index >= 15 is 0 Å². The van der Waals surface area contributed by atoms with Crippen LogP contribution in [0.5, 0.6) is 0 Å². The highest BCUT2D eigenvalue weighted by Crippen LogP contribution is 2.33. The first-order valence-corrected chi connectivity index (χ1v) is 7.74. The van der Waals surface area contributed by atoms with Gasteiger partial charge in [0.05, 0.1) is 6.10 Å². The lowest BCUT2D eigenvalue weighted by molar-refractivity contribution is 0.0266. The molecule has 3 heteroatoms. The molecule has 3 atom stereocenters. The van der Waals surface area contributed by atoms with Crippen LogP contribution in [0.3, 0.4) is 0 Å². The lowest BCUT2D eigenvalue weighted by atomic mass is 9.75. The standard InChI is InChI=1S/C10H20O.C2H6OS/c1-7(2)9-5-4-8(3)6-10(9)11;1-4(2)3/h7-11H,4-6H2,1-3H3;1-2H3. The van der Waals surface area contributed by atoms with Crippen molar-refractivity contribution in [3.05, 3.63) is 0 Å². The fourth-order valence-electron chi connectivity index (χ4n) is 2.15. The topological polar surface area (TPSA) is 37.3 Å². The minimum atomic E-state index is -0.611. The van der Waals surface area contributed by atoms with E-state index in [1.165, 1.54) is 12.8 Å². The van der Waals surface area contributed by atoms with Crippen LogP contribution in [0.15, 0.2) is 0 Å². The molecule has 0 aromatic heterocycles. The largest absolute Gasteiger partial charge is 0.393 e. The summed E-state index contributed by atoms with van der Waals surface area (Å²) in [6, 6.07) is 0. The maximum Gasteiger partial charge on any atom is 0.0573 e. The first-order chi connectivity index (χ1) is 6.84. The van der Waals surface area contributed by atoms with Crippen molar-refractivity contribution < 1.29 is 9.32 Å². The van der Waals surface area contributed by atoms with Crippen LogP contribution in [-0.4, -0.2) is 27.9 Å². The van der Waals surface area contributed by atoms with Crippen molar-refractivity contribution in [2.45, 2.75) is 46.1 Å². The number of aliphatic hydroxyl groups is 1. The molecule has 92 valence electrons. The first-order valence-electron chi connectivity index (χ1n) is 5.77. The summed E-state index contributed by atoms with van der Waals surface area (Å²) in [6.07, 6.45) is 6.79. The Hall–Kier alpha value is 0.110. The lowest BCUT2D eigenvalue weighted by Crippen LogP contribution is -2.31. The van der Waals surface area contributed by atoms with Gasteiger partial charge in [-0.25, -0.2) is 0 Å². The Morgan fingerprint density at radius 1 is 1.27 bits per heavy atom. The van der Waals surface area contributed by atoms with Gasteiger partial charge in [-0.15, -0.1) is 0 Å². The second-order valence-corrected chi connectivity index (χ2v) is 6.62. The molecule has 1 aliphatic carbocycles. The summed E-state index contributed by atoms with van der Waals surface area (Å²) < 4.78 is 9.56. The van der Waals surface area contributed by atoms with Crippen molar-refractivity contribution in [3.8, 4) is 0 Å². The maximum absolute atomic E-state index is 9.71. The predicted molar refractivity (Wildman–Crippen MR) is 67.3 cm³/mol. The van der Waals surface area contributed by atoms with Crippen LogP contribution in [0, 0.1) is 17.8 Å². The molecule has 0 saturated heterocycles. The summed E-state index contributed by atoms with van der Waals surface area (Å²) >= 11 is 0. The van der Waals surface area contributed by atoms with Crippen molar-refractivity contribution in [2.24, 2.45) is 17.8 Å². The van der Waals surface area contributed by atoms with E-state index in [-0.39, 0.29) is 6.10 Å². The lowest BCUT2D eigenvalue weighted by Gasteiger charge is -2.33. The molecule has 0 bridgehead atoms. The Balaban J connectivity index is 0.000000423. The molecule has 1 rings (SSSR count). The van der Waals surface area contributed by atoms with Crippen LogP contribution in [-0.2, 0) is 10.8 Å². The molecule has 0 aromatic carbocycles. The average molecular weight is 234 g/mol. The molecule has 0 spiro atoms. The van der Waals surface area contributed by atoms with Gasteiger partial charge in [-0.05, 0) is 30.6 Å². The Bertz CT molecular complexity index is 188. The van der Waals surface area contributed by atoms with E-state index in [2.05, 4.69) is 20.8 Å². The van der Waals surface area contributed by atoms with E-state index in [9.17, 15) is 9.32 Å². The van der Waals surface area contributed by atoms with Crippen LogP contribution in [0.1, 0.15) is 40.0 Å². The molecule has 0 aromatic rings. The third-order valence-corrected chi connectivity index (χ3v) is 2.99. The van der Waals surface area contributed by atoms with Gasteiger partial charge in [0, 0.05) is 23.3 Å². The molecular formula is C12H26O2S. The van der Waals surface area contributed by atoms with Gasteiger partial charge in [-0.1, -0.05) is 27.2 Å². The van der Waals surface area contributed by atoms with E-state index in [0.29, 0.717) is 11.8 Å². The zero-order chi connectivity index (χ0) is 12.0. The quantitative estimate of drug-likeness (QED) is 0.756. The smallest absolute Gasteiger partial charge is 0.0573 e. The normalized spacial score (nSPS) is 31.3. The Labute approximate surface area is 96.9 Å².